The van der Waals surface area contributed by atoms with Crippen LogP contribution in [-0.2, 0) is 9.59 Å². The first-order valence-corrected chi connectivity index (χ1v) is 10.4. The average molecular weight is 462 g/mol. The molecule has 4 rings (SSSR count). The number of carboxylic acids is 1. The number of benzene rings is 2. The van der Waals surface area contributed by atoms with Gasteiger partial charge < -0.3 is 14.3 Å². The molecule has 1 aromatic heterocycles. The van der Waals surface area contributed by atoms with Crippen molar-refractivity contribution < 1.29 is 28.6 Å². The molecule has 0 atom stereocenters. The monoisotopic (exact) mass is 462 g/mol. The molecular weight excluding hydrogens is 444 g/mol. The van der Waals surface area contributed by atoms with E-state index in [2.05, 4.69) is 5.32 Å². The fourth-order valence-electron chi connectivity index (χ4n) is 3.37. The highest BCUT2D eigenvalue weighted by atomic mass is 32.1. The van der Waals surface area contributed by atoms with Crippen LogP contribution in [0.3, 0.4) is 0 Å². The van der Waals surface area contributed by atoms with Gasteiger partial charge in [0.2, 0.25) is 0 Å². The predicted molar refractivity (Wildman–Crippen MR) is 125 cm³/mol. The third kappa shape index (κ3) is 4.39. The molecule has 0 saturated carbocycles. The Hall–Kier alpha value is -4.24. The number of furan rings is 1. The van der Waals surface area contributed by atoms with Gasteiger partial charge >= 0.3 is 5.97 Å². The zero-order valence-electron chi connectivity index (χ0n) is 17.4. The zero-order valence-corrected chi connectivity index (χ0v) is 18.2. The van der Waals surface area contributed by atoms with Crippen molar-refractivity contribution in [2.24, 2.45) is 0 Å². The van der Waals surface area contributed by atoms with E-state index in [9.17, 15) is 19.5 Å². The molecule has 9 heteroatoms. The minimum atomic E-state index is -1.10. The number of carbonyl (C=O) groups is 3. The molecule has 1 fully saturated rings. The number of rotatable bonds is 6. The van der Waals surface area contributed by atoms with Crippen molar-refractivity contribution in [2.45, 2.75) is 6.92 Å². The van der Waals surface area contributed by atoms with E-state index >= 15 is 0 Å². The molecule has 2 amide bonds. The van der Waals surface area contributed by atoms with Crippen LogP contribution in [0.25, 0.3) is 17.4 Å². The van der Waals surface area contributed by atoms with Crippen LogP contribution in [0.2, 0.25) is 0 Å². The Kier molecular flexibility index (Phi) is 6.05. The van der Waals surface area contributed by atoms with Crippen LogP contribution < -0.4 is 15.0 Å². The molecule has 33 heavy (non-hydrogen) atoms. The maximum Gasteiger partial charge on any atom is 0.336 e. The summed E-state index contributed by atoms with van der Waals surface area (Å²) in [5, 5.41) is 11.9. The second-order valence-electron chi connectivity index (χ2n) is 6.94. The van der Waals surface area contributed by atoms with E-state index in [1.54, 1.807) is 54.6 Å². The van der Waals surface area contributed by atoms with Crippen LogP contribution >= 0.6 is 12.2 Å². The summed E-state index contributed by atoms with van der Waals surface area (Å²) < 4.78 is 11.2. The third-order valence-corrected chi connectivity index (χ3v) is 5.11. The van der Waals surface area contributed by atoms with Crippen molar-refractivity contribution in [2.75, 3.05) is 11.5 Å². The predicted octanol–water partition coefficient (Wildman–Crippen LogP) is 3.87. The lowest BCUT2D eigenvalue weighted by molar-refractivity contribution is -0.122. The summed E-state index contributed by atoms with van der Waals surface area (Å²) in [4.78, 5) is 38.4. The van der Waals surface area contributed by atoms with Crippen LogP contribution in [0, 0.1) is 0 Å². The quantitative estimate of drug-likeness (QED) is 0.325. The Morgan fingerprint density at radius 3 is 2.70 bits per heavy atom. The molecule has 2 N–H and O–H groups in total. The molecule has 166 valence electrons. The summed E-state index contributed by atoms with van der Waals surface area (Å²) in [7, 11) is 0. The van der Waals surface area contributed by atoms with E-state index < -0.39 is 17.8 Å². The molecule has 0 radical (unpaired) electrons. The molecule has 8 nitrogen and oxygen atoms in total. The second kappa shape index (κ2) is 9.09. The Labute approximate surface area is 194 Å². The molecule has 0 aliphatic carbocycles. The summed E-state index contributed by atoms with van der Waals surface area (Å²) >= 11 is 5.22. The number of carbonyl (C=O) groups excluding carboxylic acids is 2. The lowest BCUT2D eigenvalue weighted by atomic mass is 10.1. The number of amides is 2. The van der Waals surface area contributed by atoms with E-state index in [1.165, 1.54) is 17.0 Å². The first-order valence-electron chi connectivity index (χ1n) is 9.96. The van der Waals surface area contributed by atoms with E-state index in [1.807, 2.05) is 6.92 Å². The molecule has 1 saturated heterocycles. The molecular formula is C24H18N2O6S. The van der Waals surface area contributed by atoms with Crippen LogP contribution in [-0.4, -0.2) is 34.6 Å². The number of thiocarbonyl (C=S) groups is 1. The Balaban J connectivity index is 1.68. The van der Waals surface area contributed by atoms with Gasteiger partial charge in [-0.3, -0.25) is 19.8 Å². The number of ether oxygens (including phenoxy) is 1. The summed E-state index contributed by atoms with van der Waals surface area (Å²) in [6.07, 6.45) is 1.30. The third-order valence-electron chi connectivity index (χ3n) is 4.82. The summed E-state index contributed by atoms with van der Waals surface area (Å²) in [6.45, 7) is 2.30. The number of carboxylic acid groups (broad SMARTS) is 1. The van der Waals surface area contributed by atoms with Gasteiger partial charge in [0.25, 0.3) is 11.8 Å². The van der Waals surface area contributed by atoms with Crippen LogP contribution in [0.1, 0.15) is 23.0 Å². The van der Waals surface area contributed by atoms with Gasteiger partial charge in [-0.2, -0.15) is 0 Å². The number of nitrogens with one attached hydrogen (secondary N) is 1. The first kappa shape index (κ1) is 22.0. The minimum absolute atomic E-state index is 0.0497. The standard InChI is InChI=1S/C24H18N2O6S/c1-2-31-15-7-5-6-14(12-15)26-22(28)19(21(27)25-24(26)33)13-16-10-11-20(32-16)17-8-3-4-9-18(17)23(29)30/h3-13H,2H2,1H3,(H,29,30)(H,25,27,33)/b19-13+. The highest BCUT2D eigenvalue weighted by molar-refractivity contribution is 7.80. The zero-order chi connectivity index (χ0) is 23.5. The van der Waals surface area contributed by atoms with Crippen molar-refractivity contribution in [3.8, 4) is 17.1 Å². The van der Waals surface area contributed by atoms with Gasteiger partial charge in [-0.25, -0.2) is 4.79 Å². The van der Waals surface area contributed by atoms with Gasteiger partial charge in [0, 0.05) is 11.6 Å². The van der Waals surface area contributed by atoms with Gasteiger partial charge in [0.15, 0.2) is 5.11 Å². The van der Waals surface area contributed by atoms with E-state index in [0.29, 0.717) is 29.4 Å². The van der Waals surface area contributed by atoms with Gasteiger partial charge in [0.05, 0.1) is 17.9 Å². The average Bonchev–Trinajstić information content (AvgIpc) is 3.25. The number of aromatic carboxylic acids is 1. The van der Waals surface area contributed by atoms with Gasteiger partial charge in [-0.05, 0) is 55.5 Å². The fraction of sp³-hybridized carbons (Fsp3) is 0.0833. The minimum Gasteiger partial charge on any atom is -0.494 e. The summed E-state index contributed by atoms with van der Waals surface area (Å²) in [6, 6.07) is 16.3. The summed E-state index contributed by atoms with van der Waals surface area (Å²) in [5.74, 6) is -1.32. The number of hydrogen-bond donors (Lipinski definition) is 2. The Bertz CT molecular complexity index is 1310. The van der Waals surface area contributed by atoms with Gasteiger partial charge in [0.1, 0.15) is 22.8 Å². The molecule has 3 aromatic rings. The SMILES string of the molecule is CCOc1cccc(N2C(=O)/C(=C/c3ccc(-c4ccccc4C(=O)O)o3)C(=O)NC2=S)c1. The molecule has 1 aliphatic heterocycles. The number of hydrogen-bond acceptors (Lipinski definition) is 6. The van der Waals surface area contributed by atoms with Crippen molar-refractivity contribution in [3.05, 3.63) is 77.6 Å². The van der Waals surface area contributed by atoms with Crippen molar-refractivity contribution in [1.82, 2.24) is 5.32 Å². The van der Waals surface area contributed by atoms with Gasteiger partial charge in [-0.1, -0.05) is 24.3 Å². The maximum absolute atomic E-state index is 13.2. The Morgan fingerprint density at radius 2 is 1.94 bits per heavy atom. The van der Waals surface area contributed by atoms with Crippen LogP contribution in [0.15, 0.2) is 70.7 Å². The molecule has 2 heterocycles. The number of nitrogens with zero attached hydrogens (tertiary/aromatic N) is 1. The lowest BCUT2D eigenvalue weighted by Gasteiger charge is -2.29. The summed E-state index contributed by atoms with van der Waals surface area (Å²) in [5.41, 5.74) is 0.711. The normalized spacial score (nSPS) is 15.0. The Morgan fingerprint density at radius 1 is 1.15 bits per heavy atom. The van der Waals surface area contributed by atoms with Gasteiger partial charge in [-0.15, -0.1) is 0 Å². The largest absolute Gasteiger partial charge is 0.494 e. The molecule has 0 unspecified atom stereocenters. The smallest absolute Gasteiger partial charge is 0.336 e. The maximum atomic E-state index is 13.2. The van der Waals surface area contributed by atoms with Crippen LogP contribution in [0.4, 0.5) is 5.69 Å². The highest BCUT2D eigenvalue weighted by Gasteiger charge is 2.35. The number of anilines is 1. The van der Waals surface area contributed by atoms with Crippen molar-refractivity contribution >= 4 is 46.9 Å². The fourth-order valence-corrected chi connectivity index (χ4v) is 3.65. The molecule has 0 spiro atoms. The van der Waals surface area contributed by atoms with E-state index in [-0.39, 0.29) is 22.0 Å². The highest BCUT2D eigenvalue weighted by Crippen LogP contribution is 2.29. The first-order chi connectivity index (χ1) is 15.9. The topological polar surface area (TPSA) is 109 Å². The second-order valence-corrected chi connectivity index (χ2v) is 7.33. The molecule has 0 bridgehead atoms. The van der Waals surface area contributed by atoms with Crippen molar-refractivity contribution in [1.29, 1.82) is 0 Å². The molecule has 2 aromatic carbocycles. The molecule has 1 aliphatic rings. The van der Waals surface area contributed by atoms with E-state index in [0.717, 1.165) is 0 Å². The van der Waals surface area contributed by atoms with E-state index in [4.69, 9.17) is 21.4 Å². The van der Waals surface area contributed by atoms with Crippen LogP contribution in [0.5, 0.6) is 5.75 Å². The lowest BCUT2D eigenvalue weighted by Crippen LogP contribution is -2.54. The van der Waals surface area contributed by atoms with Crippen molar-refractivity contribution in [3.63, 3.8) is 0 Å².